The van der Waals surface area contributed by atoms with Crippen molar-refractivity contribution in [3.05, 3.63) is 35.8 Å². The van der Waals surface area contributed by atoms with Gasteiger partial charge >= 0.3 is 0 Å². The first-order chi connectivity index (χ1) is 9.62. The zero-order chi connectivity index (χ0) is 14.7. The number of rotatable bonds is 6. The summed E-state index contributed by atoms with van der Waals surface area (Å²) in [6.07, 6.45) is 1.73. The molecule has 2 aromatic rings. The number of aromatic nitrogens is 1. The van der Waals surface area contributed by atoms with Crippen LogP contribution in [-0.2, 0) is 6.54 Å². The number of aliphatic hydroxyl groups is 1. The van der Waals surface area contributed by atoms with E-state index in [0.717, 1.165) is 5.39 Å². The van der Waals surface area contributed by atoms with E-state index in [1.807, 2.05) is 18.4 Å². The number of nitrogens with one attached hydrogen (secondary N) is 1. The highest BCUT2D eigenvalue weighted by Crippen LogP contribution is 2.23. The molecule has 0 aliphatic carbocycles. The molecule has 1 aromatic carbocycles. The number of likely N-dealkylation sites (N-methyl/N-ethyl adjacent to an activating group) is 1. The van der Waals surface area contributed by atoms with Crippen LogP contribution in [0.3, 0.4) is 0 Å². The number of hydrogen-bond acceptors (Lipinski definition) is 3. The Kier molecular flexibility index (Phi) is 4.52. The molecule has 1 aromatic heterocycles. The van der Waals surface area contributed by atoms with Crippen LogP contribution in [0.25, 0.3) is 10.9 Å². The van der Waals surface area contributed by atoms with Gasteiger partial charge in [-0.05, 0) is 31.7 Å². The van der Waals surface area contributed by atoms with Crippen molar-refractivity contribution in [3.8, 4) is 0 Å². The molecule has 0 bridgehead atoms. The second-order valence-corrected chi connectivity index (χ2v) is 4.65. The Hall–Kier alpha value is -1.72. The van der Waals surface area contributed by atoms with E-state index >= 15 is 0 Å². The average molecular weight is 278 g/mol. The summed E-state index contributed by atoms with van der Waals surface area (Å²) in [4.78, 5) is 12.5. The molecule has 2 N–H and O–H groups in total. The maximum atomic E-state index is 13.4. The average Bonchev–Trinajstić information content (AvgIpc) is 2.81. The van der Waals surface area contributed by atoms with Gasteiger partial charge in [-0.25, -0.2) is 4.39 Å². The molecule has 1 atom stereocenters. The standard InChI is InChI=1S/C15H19FN2O2/c1-3-17-13(9-19)15(20)12-8-18(4-2)14-7-10(16)5-6-11(12)14/h5-8,13,17,19H,3-4,9H2,1-2H3. The highest BCUT2D eigenvalue weighted by atomic mass is 19.1. The van der Waals surface area contributed by atoms with Crippen molar-refractivity contribution in [1.82, 2.24) is 9.88 Å². The predicted molar refractivity (Wildman–Crippen MR) is 76.5 cm³/mol. The third-order valence-corrected chi connectivity index (χ3v) is 3.40. The van der Waals surface area contributed by atoms with Gasteiger partial charge in [0.15, 0.2) is 5.78 Å². The lowest BCUT2D eigenvalue weighted by atomic mass is 10.0. The number of carbonyl (C=O) groups is 1. The SMILES string of the molecule is CCNC(CO)C(=O)c1cn(CC)c2cc(F)ccc12. The van der Waals surface area contributed by atoms with Crippen LogP contribution in [0.1, 0.15) is 24.2 Å². The van der Waals surface area contributed by atoms with Crippen molar-refractivity contribution < 1.29 is 14.3 Å². The first-order valence-electron chi connectivity index (χ1n) is 6.79. The van der Waals surface area contributed by atoms with Crippen LogP contribution in [0.5, 0.6) is 0 Å². The van der Waals surface area contributed by atoms with Gasteiger partial charge in [-0.15, -0.1) is 0 Å². The molecule has 1 unspecified atom stereocenters. The highest BCUT2D eigenvalue weighted by molar-refractivity contribution is 6.10. The molecule has 0 amide bonds. The molecule has 0 fully saturated rings. The van der Waals surface area contributed by atoms with Crippen molar-refractivity contribution in [2.45, 2.75) is 26.4 Å². The number of halogens is 1. The Morgan fingerprint density at radius 1 is 1.45 bits per heavy atom. The third kappa shape index (κ3) is 2.59. The molecule has 0 aliphatic rings. The number of benzene rings is 1. The van der Waals surface area contributed by atoms with E-state index in [1.54, 1.807) is 12.3 Å². The van der Waals surface area contributed by atoms with Gasteiger partial charge in [0, 0.05) is 23.7 Å². The molecule has 0 spiro atoms. The number of carbonyl (C=O) groups excluding carboxylic acids is 1. The van der Waals surface area contributed by atoms with Crippen LogP contribution < -0.4 is 5.32 Å². The lowest BCUT2D eigenvalue weighted by molar-refractivity contribution is 0.0901. The Labute approximate surface area is 117 Å². The van der Waals surface area contributed by atoms with Crippen molar-refractivity contribution in [2.75, 3.05) is 13.2 Å². The van der Waals surface area contributed by atoms with Gasteiger partial charge in [-0.1, -0.05) is 6.92 Å². The summed E-state index contributed by atoms with van der Waals surface area (Å²) >= 11 is 0. The molecule has 108 valence electrons. The van der Waals surface area contributed by atoms with Gasteiger partial charge in [0.1, 0.15) is 5.82 Å². The summed E-state index contributed by atoms with van der Waals surface area (Å²) in [5, 5.41) is 13.0. The van der Waals surface area contributed by atoms with E-state index in [2.05, 4.69) is 5.32 Å². The van der Waals surface area contributed by atoms with Crippen molar-refractivity contribution in [2.24, 2.45) is 0 Å². The summed E-state index contributed by atoms with van der Waals surface area (Å²) in [5.41, 5.74) is 1.21. The monoisotopic (exact) mass is 278 g/mol. The Bertz CT molecular complexity index is 622. The summed E-state index contributed by atoms with van der Waals surface area (Å²) in [7, 11) is 0. The van der Waals surface area contributed by atoms with Crippen molar-refractivity contribution in [1.29, 1.82) is 0 Å². The van der Waals surface area contributed by atoms with Crippen LogP contribution in [0, 0.1) is 5.82 Å². The molecule has 0 radical (unpaired) electrons. The van der Waals surface area contributed by atoms with Gasteiger partial charge in [-0.2, -0.15) is 0 Å². The van der Waals surface area contributed by atoms with Crippen LogP contribution in [0.4, 0.5) is 4.39 Å². The van der Waals surface area contributed by atoms with Gasteiger partial charge < -0.3 is 15.0 Å². The molecule has 2 rings (SSSR count). The topological polar surface area (TPSA) is 54.3 Å². The summed E-state index contributed by atoms with van der Waals surface area (Å²) < 4.78 is 15.2. The lowest BCUT2D eigenvalue weighted by Gasteiger charge is -2.12. The zero-order valence-corrected chi connectivity index (χ0v) is 11.7. The van der Waals surface area contributed by atoms with Gasteiger partial charge in [0.25, 0.3) is 0 Å². The maximum absolute atomic E-state index is 13.4. The van der Waals surface area contributed by atoms with E-state index in [4.69, 9.17) is 0 Å². The number of nitrogens with zero attached hydrogens (tertiary/aromatic N) is 1. The molecule has 4 nitrogen and oxygen atoms in total. The Morgan fingerprint density at radius 2 is 2.20 bits per heavy atom. The minimum absolute atomic E-state index is 0.168. The summed E-state index contributed by atoms with van der Waals surface area (Å²) in [6, 6.07) is 3.77. The number of ketones is 1. The van der Waals surface area contributed by atoms with Crippen LogP contribution in [0.15, 0.2) is 24.4 Å². The number of aryl methyl sites for hydroxylation is 1. The fourth-order valence-corrected chi connectivity index (χ4v) is 2.40. The number of Topliss-reactive ketones (excluding diaryl/α,β-unsaturated/α-hetero) is 1. The summed E-state index contributed by atoms with van der Waals surface area (Å²) in [6.45, 7) is 4.80. The van der Waals surface area contributed by atoms with Crippen LogP contribution >= 0.6 is 0 Å². The van der Waals surface area contributed by atoms with E-state index in [0.29, 0.717) is 24.2 Å². The number of fused-ring (bicyclic) bond motifs is 1. The molecule has 20 heavy (non-hydrogen) atoms. The molecule has 5 heteroatoms. The maximum Gasteiger partial charge on any atom is 0.184 e. The first-order valence-corrected chi connectivity index (χ1v) is 6.79. The molecular weight excluding hydrogens is 259 g/mol. The van der Waals surface area contributed by atoms with Crippen molar-refractivity contribution >= 4 is 16.7 Å². The minimum atomic E-state index is -0.624. The van der Waals surface area contributed by atoms with Crippen LogP contribution in [-0.4, -0.2) is 34.7 Å². The molecular formula is C15H19FN2O2. The third-order valence-electron chi connectivity index (χ3n) is 3.40. The highest BCUT2D eigenvalue weighted by Gasteiger charge is 2.22. The Balaban J connectivity index is 2.51. The van der Waals surface area contributed by atoms with Crippen LogP contribution in [0.2, 0.25) is 0 Å². The van der Waals surface area contributed by atoms with E-state index < -0.39 is 6.04 Å². The summed E-state index contributed by atoms with van der Waals surface area (Å²) in [5.74, 6) is -0.493. The predicted octanol–water partition coefficient (Wildman–Crippen LogP) is 1.95. The van der Waals surface area contributed by atoms with Gasteiger partial charge in [0.05, 0.1) is 18.2 Å². The first kappa shape index (κ1) is 14.7. The number of hydrogen-bond donors (Lipinski definition) is 2. The Morgan fingerprint density at radius 3 is 2.80 bits per heavy atom. The molecule has 0 saturated heterocycles. The minimum Gasteiger partial charge on any atom is -0.394 e. The smallest absolute Gasteiger partial charge is 0.184 e. The van der Waals surface area contributed by atoms with Crippen molar-refractivity contribution in [3.63, 3.8) is 0 Å². The fourth-order valence-electron chi connectivity index (χ4n) is 2.40. The normalized spacial score (nSPS) is 12.8. The lowest BCUT2D eigenvalue weighted by Crippen LogP contribution is -2.39. The molecule has 0 aliphatic heterocycles. The van der Waals surface area contributed by atoms with E-state index in [-0.39, 0.29) is 18.2 Å². The van der Waals surface area contributed by atoms with E-state index in [1.165, 1.54) is 12.1 Å². The van der Waals surface area contributed by atoms with E-state index in [9.17, 15) is 14.3 Å². The zero-order valence-electron chi connectivity index (χ0n) is 11.7. The number of aliphatic hydroxyl groups excluding tert-OH is 1. The molecule has 1 heterocycles. The quantitative estimate of drug-likeness (QED) is 0.794. The second kappa shape index (κ2) is 6.15. The molecule has 0 saturated carbocycles. The largest absolute Gasteiger partial charge is 0.394 e. The second-order valence-electron chi connectivity index (χ2n) is 4.65. The van der Waals surface area contributed by atoms with Gasteiger partial charge in [0.2, 0.25) is 0 Å². The van der Waals surface area contributed by atoms with Gasteiger partial charge in [-0.3, -0.25) is 4.79 Å². The fraction of sp³-hybridized carbons (Fsp3) is 0.400.